The highest BCUT2D eigenvalue weighted by Gasteiger charge is 2.23. The molecule has 21 heavy (non-hydrogen) atoms. The summed E-state index contributed by atoms with van der Waals surface area (Å²) in [4.78, 5) is 12.1. The molecule has 1 aliphatic heterocycles. The summed E-state index contributed by atoms with van der Waals surface area (Å²) in [5.41, 5.74) is 2.37. The fraction of sp³-hybridized carbons (Fsp3) is 0.400. The van der Waals surface area contributed by atoms with Gasteiger partial charge < -0.3 is 15.2 Å². The Hall–Kier alpha value is -2.37. The highest BCUT2D eigenvalue weighted by Crippen LogP contribution is 2.32. The molecular formula is C15H19N5O. The zero-order valence-electron chi connectivity index (χ0n) is 12.0. The fourth-order valence-electron chi connectivity index (χ4n) is 2.69. The monoisotopic (exact) mass is 285 g/mol. The van der Waals surface area contributed by atoms with E-state index in [0.717, 1.165) is 24.6 Å². The van der Waals surface area contributed by atoms with E-state index in [9.17, 15) is 4.79 Å². The molecule has 0 spiro atoms. The Labute approximate surface area is 123 Å². The lowest BCUT2D eigenvalue weighted by atomic mass is 9.97. The summed E-state index contributed by atoms with van der Waals surface area (Å²) in [6, 6.07) is 8.16. The molecule has 0 saturated heterocycles. The van der Waals surface area contributed by atoms with E-state index in [4.69, 9.17) is 0 Å². The number of nitrogens with one attached hydrogen (secondary N) is 2. The molecule has 3 rings (SSSR count). The van der Waals surface area contributed by atoms with Crippen molar-refractivity contribution < 1.29 is 4.79 Å². The largest absolute Gasteiger partial charge is 0.384 e. The fourth-order valence-corrected chi connectivity index (χ4v) is 2.69. The van der Waals surface area contributed by atoms with E-state index in [1.165, 1.54) is 5.56 Å². The van der Waals surface area contributed by atoms with Crippen LogP contribution in [0.3, 0.4) is 0 Å². The predicted octanol–water partition coefficient (Wildman–Crippen LogP) is 1.51. The standard InChI is InChI=1S/C15H19N5O/c1-2-20-10-18-19-14(20)9-17-15(21)7-11-8-16-13-6-4-3-5-12(11)13/h3-6,10-11,16H,2,7-9H2,1H3,(H,17,21). The van der Waals surface area contributed by atoms with Crippen LogP contribution in [0.25, 0.3) is 0 Å². The van der Waals surface area contributed by atoms with Crippen molar-refractivity contribution in [2.45, 2.75) is 32.4 Å². The predicted molar refractivity (Wildman–Crippen MR) is 79.8 cm³/mol. The van der Waals surface area contributed by atoms with Gasteiger partial charge in [0, 0.05) is 31.1 Å². The van der Waals surface area contributed by atoms with Crippen LogP contribution in [0, 0.1) is 0 Å². The molecule has 2 heterocycles. The van der Waals surface area contributed by atoms with Crippen LogP contribution in [0.5, 0.6) is 0 Å². The van der Waals surface area contributed by atoms with Crippen LogP contribution in [0.4, 0.5) is 5.69 Å². The number of amides is 1. The summed E-state index contributed by atoms with van der Waals surface area (Å²) in [5, 5.41) is 14.1. The molecule has 1 aliphatic rings. The number of rotatable bonds is 5. The topological polar surface area (TPSA) is 71.8 Å². The van der Waals surface area contributed by atoms with Gasteiger partial charge in [-0.3, -0.25) is 4.79 Å². The van der Waals surface area contributed by atoms with Crippen LogP contribution in [0.1, 0.15) is 30.7 Å². The summed E-state index contributed by atoms with van der Waals surface area (Å²) in [7, 11) is 0. The van der Waals surface area contributed by atoms with Crippen molar-refractivity contribution >= 4 is 11.6 Å². The van der Waals surface area contributed by atoms with E-state index < -0.39 is 0 Å². The van der Waals surface area contributed by atoms with Crippen LogP contribution in [-0.2, 0) is 17.9 Å². The van der Waals surface area contributed by atoms with Crippen molar-refractivity contribution in [3.8, 4) is 0 Å². The minimum absolute atomic E-state index is 0.0455. The third kappa shape index (κ3) is 2.89. The zero-order valence-corrected chi connectivity index (χ0v) is 12.0. The lowest BCUT2D eigenvalue weighted by molar-refractivity contribution is -0.121. The van der Waals surface area contributed by atoms with Crippen LogP contribution in [-0.4, -0.2) is 27.2 Å². The average molecular weight is 285 g/mol. The Morgan fingerprint density at radius 1 is 1.48 bits per heavy atom. The maximum absolute atomic E-state index is 12.1. The van der Waals surface area contributed by atoms with Crippen molar-refractivity contribution in [1.29, 1.82) is 0 Å². The molecule has 2 aromatic rings. The molecule has 1 aromatic heterocycles. The Morgan fingerprint density at radius 2 is 2.33 bits per heavy atom. The van der Waals surface area contributed by atoms with E-state index in [-0.39, 0.29) is 11.8 Å². The molecule has 0 aliphatic carbocycles. The number of nitrogens with zero attached hydrogens (tertiary/aromatic N) is 3. The first-order valence-corrected chi connectivity index (χ1v) is 7.24. The molecule has 1 aromatic carbocycles. The number of para-hydroxylation sites is 1. The number of carbonyl (C=O) groups is 1. The van der Waals surface area contributed by atoms with Gasteiger partial charge in [-0.25, -0.2) is 0 Å². The van der Waals surface area contributed by atoms with Crippen molar-refractivity contribution in [3.63, 3.8) is 0 Å². The quantitative estimate of drug-likeness (QED) is 0.873. The summed E-state index contributed by atoms with van der Waals surface area (Å²) >= 11 is 0. The van der Waals surface area contributed by atoms with Gasteiger partial charge in [-0.1, -0.05) is 18.2 Å². The van der Waals surface area contributed by atoms with Gasteiger partial charge >= 0.3 is 0 Å². The maximum Gasteiger partial charge on any atom is 0.221 e. The second kappa shape index (κ2) is 5.95. The van der Waals surface area contributed by atoms with Crippen LogP contribution in [0.2, 0.25) is 0 Å². The number of fused-ring (bicyclic) bond motifs is 1. The summed E-state index contributed by atoms with van der Waals surface area (Å²) in [6.45, 7) is 4.07. The van der Waals surface area contributed by atoms with Gasteiger partial charge in [0.2, 0.25) is 5.91 Å². The molecule has 1 unspecified atom stereocenters. The molecule has 0 saturated carbocycles. The summed E-state index contributed by atoms with van der Waals surface area (Å²) < 4.78 is 1.92. The highest BCUT2D eigenvalue weighted by atomic mass is 16.1. The van der Waals surface area contributed by atoms with Crippen LogP contribution >= 0.6 is 0 Å². The van der Waals surface area contributed by atoms with Crippen molar-refractivity contribution in [2.75, 3.05) is 11.9 Å². The first kappa shape index (κ1) is 13.6. The SMILES string of the molecule is CCn1cnnc1CNC(=O)CC1CNc2ccccc21. The minimum atomic E-state index is 0.0455. The molecular weight excluding hydrogens is 266 g/mol. The Kier molecular flexibility index (Phi) is 3.85. The molecule has 2 N–H and O–H groups in total. The van der Waals surface area contributed by atoms with Gasteiger partial charge in [0.25, 0.3) is 0 Å². The number of benzene rings is 1. The molecule has 0 fully saturated rings. The third-order valence-corrected chi connectivity index (χ3v) is 3.85. The van der Waals surface area contributed by atoms with E-state index in [0.29, 0.717) is 13.0 Å². The molecule has 0 bridgehead atoms. The summed E-state index contributed by atoms with van der Waals surface area (Å²) in [6.07, 6.45) is 2.17. The van der Waals surface area contributed by atoms with Gasteiger partial charge in [-0.05, 0) is 18.6 Å². The lowest BCUT2D eigenvalue weighted by Gasteiger charge is -2.10. The molecule has 6 heteroatoms. The van der Waals surface area contributed by atoms with Crippen molar-refractivity contribution in [3.05, 3.63) is 42.0 Å². The number of carbonyl (C=O) groups excluding carboxylic acids is 1. The molecule has 0 radical (unpaired) electrons. The van der Waals surface area contributed by atoms with Crippen molar-refractivity contribution in [1.82, 2.24) is 20.1 Å². The maximum atomic E-state index is 12.1. The molecule has 6 nitrogen and oxygen atoms in total. The first-order valence-electron chi connectivity index (χ1n) is 7.24. The molecule has 1 amide bonds. The van der Waals surface area contributed by atoms with E-state index in [1.807, 2.05) is 23.6 Å². The molecule has 1 atom stereocenters. The van der Waals surface area contributed by atoms with Crippen LogP contribution in [0.15, 0.2) is 30.6 Å². The number of hydrogen-bond donors (Lipinski definition) is 2. The van der Waals surface area contributed by atoms with E-state index >= 15 is 0 Å². The van der Waals surface area contributed by atoms with Gasteiger partial charge in [-0.15, -0.1) is 10.2 Å². The number of hydrogen-bond acceptors (Lipinski definition) is 4. The van der Waals surface area contributed by atoms with E-state index in [1.54, 1.807) is 6.33 Å². The molecule has 110 valence electrons. The van der Waals surface area contributed by atoms with Gasteiger partial charge in [-0.2, -0.15) is 0 Å². The Balaban J connectivity index is 1.56. The normalized spacial score (nSPS) is 16.3. The van der Waals surface area contributed by atoms with E-state index in [2.05, 4.69) is 33.0 Å². The van der Waals surface area contributed by atoms with Gasteiger partial charge in [0.15, 0.2) is 5.82 Å². The average Bonchev–Trinajstić information content (AvgIpc) is 3.12. The number of anilines is 1. The highest BCUT2D eigenvalue weighted by molar-refractivity contribution is 5.78. The lowest BCUT2D eigenvalue weighted by Crippen LogP contribution is -2.26. The van der Waals surface area contributed by atoms with Gasteiger partial charge in [0.1, 0.15) is 6.33 Å². The second-order valence-corrected chi connectivity index (χ2v) is 5.18. The van der Waals surface area contributed by atoms with Gasteiger partial charge in [0.05, 0.1) is 6.54 Å². The minimum Gasteiger partial charge on any atom is -0.384 e. The number of aromatic nitrogens is 3. The second-order valence-electron chi connectivity index (χ2n) is 5.18. The first-order chi connectivity index (χ1) is 10.3. The summed E-state index contributed by atoms with van der Waals surface area (Å²) in [5.74, 6) is 1.07. The van der Waals surface area contributed by atoms with Crippen LogP contribution < -0.4 is 10.6 Å². The number of aryl methyl sites for hydroxylation is 1. The zero-order chi connectivity index (χ0) is 14.7. The smallest absolute Gasteiger partial charge is 0.221 e. The van der Waals surface area contributed by atoms with Crippen molar-refractivity contribution in [2.24, 2.45) is 0 Å². The Morgan fingerprint density at radius 3 is 3.19 bits per heavy atom. The third-order valence-electron chi connectivity index (χ3n) is 3.85. The Bertz CT molecular complexity index is 636.